The monoisotopic (exact) mass is 382 g/mol. The van der Waals surface area contributed by atoms with Gasteiger partial charge in [-0.2, -0.15) is 0 Å². The Labute approximate surface area is 166 Å². The third-order valence-corrected chi connectivity index (χ3v) is 6.44. The molecule has 1 saturated heterocycles. The maximum absolute atomic E-state index is 5.32. The van der Waals surface area contributed by atoms with Gasteiger partial charge in [0.25, 0.3) is 0 Å². The first-order valence-electron chi connectivity index (χ1n) is 10.7. The summed E-state index contributed by atoms with van der Waals surface area (Å²) in [6.07, 6.45) is 12.4. The fourth-order valence-electron chi connectivity index (χ4n) is 4.79. The van der Waals surface area contributed by atoms with E-state index in [1.807, 2.05) is 6.07 Å². The van der Waals surface area contributed by atoms with Crippen LogP contribution in [0, 0.1) is 0 Å². The number of fused-ring (bicyclic) bond motifs is 1. The first-order chi connectivity index (χ1) is 13.8. The molecule has 2 fully saturated rings. The van der Waals surface area contributed by atoms with Crippen molar-refractivity contribution in [3.05, 3.63) is 30.1 Å². The Bertz CT molecular complexity index is 809. The highest BCUT2D eigenvalue weighted by Crippen LogP contribution is 2.36. The van der Waals surface area contributed by atoms with Crippen molar-refractivity contribution in [3.8, 4) is 5.88 Å². The number of anilines is 1. The molecule has 2 aromatic rings. The lowest BCUT2D eigenvalue weighted by Gasteiger charge is -2.39. The Kier molecular flexibility index (Phi) is 4.93. The smallest absolute Gasteiger partial charge is 0.218 e. The third kappa shape index (κ3) is 3.60. The maximum Gasteiger partial charge on any atom is 0.218 e. The van der Waals surface area contributed by atoms with Gasteiger partial charge in [0.2, 0.25) is 5.88 Å². The molecule has 0 atom stereocenters. The van der Waals surface area contributed by atoms with Crippen LogP contribution in [0.3, 0.4) is 0 Å². The van der Waals surface area contributed by atoms with E-state index in [2.05, 4.69) is 30.5 Å². The van der Waals surface area contributed by atoms with E-state index in [4.69, 9.17) is 9.72 Å². The Morgan fingerprint density at radius 1 is 1.04 bits per heavy atom. The predicted octanol–water partition coefficient (Wildman–Crippen LogP) is 2.65. The van der Waals surface area contributed by atoms with Crippen LogP contribution in [-0.2, 0) is 19.5 Å². The SMILES string of the molecule is COc1cc(N(C2CC2)C2CCN(Cc3ncc4n3CCCC4)CC2)ncn1. The molecule has 2 aliphatic heterocycles. The van der Waals surface area contributed by atoms with Gasteiger partial charge in [-0.25, -0.2) is 15.0 Å². The summed E-state index contributed by atoms with van der Waals surface area (Å²) in [5, 5.41) is 0. The lowest BCUT2D eigenvalue weighted by atomic mass is 10.0. The summed E-state index contributed by atoms with van der Waals surface area (Å²) in [5.74, 6) is 2.93. The maximum atomic E-state index is 5.32. The summed E-state index contributed by atoms with van der Waals surface area (Å²) in [5.41, 5.74) is 1.42. The van der Waals surface area contributed by atoms with Gasteiger partial charge in [0, 0.05) is 49.7 Å². The summed E-state index contributed by atoms with van der Waals surface area (Å²) in [4.78, 5) is 18.6. The van der Waals surface area contributed by atoms with E-state index >= 15 is 0 Å². The van der Waals surface area contributed by atoms with Crippen LogP contribution in [0.1, 0.15) is 50.0 Å². The highest BCUT2D eigenvalue weighted by Gasteiger charge is 2.36. The second kappa shape index (κ2) is 7.70. The molecule has 0 N–H and O–H groups in total. The molecule has 1 saturated carbocycles. The van der Waals surface area contributed by atoms with Gasteiger partial charge in [-0.3, -0.25) is 4.90 Å². The Morgan fingerprint density at radius 2 is 1.86 bits per heavy atom. The molecule has 3 aliphatic rings. The molecular formula is C21H30N6O. The number of piperidine rings is 1. The van der Waals surface area contributed by atoms with Crippen LogP contribution in [0.2, 0.25) is 0 Å². The van der Waals surface area contributed by atoms with Crippen LogP contribution >= 0.6 is 0 Å². The molecule has 7 nitrogen and oxygen atoms in total. The Hall–Kier alpha value is -2.15. The number of ether oxygens (including phenoxy) is 1. The minimum atomic E-state index is 0.553. The predicted molar refractivity (Wildman–Crippen MR) is 108 cm³/mol. The van der Waals surface area contributed by atoms with Crippen molar-refractivity contribution in [2.45, 2.75) is 70.1 Å². The average Bonchev–Trinajstić information content (AvgIpc) is 3.50. The van der Waals surface area contributed by atoms with Gasteiger partial charge in [0.1, 0.15) is 18.0 Å². The second-order valence-corrected chi connectivity index (χ2v) is 8.34. The summed E-state index contributed by atoms with van der Waals surface area (Å²) < 4.78 is 7.78. The summed E-state index contributed by atoms with van der Waals surface area (Å²) in [7, 11) is 1.67. The van der Waals surface area contributed by atoms with Crippen molar-refractivity contribution in [3.63, 3.8) is 0 Å². The zero-order valence-corrected chi connectivity index (χ0v) is 16.8. The van der Waals surface area contributed by atoms with E-state index < -0.39 is 0 Å². The number of methoxy groups -OCH3 is 1. The summed E-state index contributed by atoms with van der Waals surface area (Å²) >= 11 is 0. The molecule has 1 aliphatic carbocycles. The zero-order chi connectivity index (χ0) is 18.9. The molecule has 2 aromatic heterocycles. The zero-order valence-electron chi connectivity index (χ0n) is 16.8. The fourth-order valence-corrected chi connectivity index (χ4v) is 4.79. The quantitative estimate of drug-likeness (QED) is 0.766. The Morgan fingerprint density at radius 3 is 2.64 bits per heavy atom. The van der Waals surface area contributed by atoms with Crippen LogP contribution < -0.4 is 9.64 Å². The molecule has 0 spiro atoms. The molecule has 5 rings (SSSR count). The lowest BCUT2D eigenvalue weighted by Crippen LogP contribution is -2.46. The molecule has 0 bridgehead atoms. The number of rotatable bonds is 6. The molecule has 28 heavy (non-hydrogen) atoms. The van der Waals surface area contributed by atoms with E-state index in [1.165, 1.54) is 56.5 Å². The van der Waals surface area contributed by atoms with Crippen molar-refractivity contribution in [2.24, 2.45) is 0 Å². The van der Waals surface area contributed by atoms with Gasteiger partial charge in [-0.15, -0.1) is 0 Å². The van der Waals surface area contributed by atoms with Crippen LogP contribution in [0.5, 0.6) is 5.88 Å². The fraction of sp³-hybridized carbons (Fsp3) is 0.667. The van der Waals surface area contributed by atoms with E-state index in [9.17, 15) is 0 Å². The molecule has 0 unspecified atom stereocenters. The van der Waals surface area contributed by atoms with Gasteiger partial charge in [0.05, 0.1) is 13.7 Å². The van der Waals surface area contributed by atoms with Gasteiger partial charge < -0.3 is 14.2 Å². The normalized spacial score (nSPS) is 20.8. The van der Waals surface area contributed by atoms with E-state index in [0.717, 1.165) is 32.0 Å². The van der Waals surface area contributed by atoms with Crippen molar-refractivity contribution in [1.29, 1.82) is 0 Å². The number of hydrogen-bond acceptors (Lipinski definition) is 6. The Balaban J connectivity index is 1.24. The lowest BCUT2D eigenvalue weighted by molar-refractivity contribution is 0.193. The van der Waals surface area contributed by atoms with Gasteiger partial charge in [0.15, 0.2) is 0 Å². The average molecular weight is 383 g/mol. The first kappa shape index (κ1) is 17.9. The summed E-state index contributed by atoms with van der Waals surface area (Å²) in [6.45, 7) is 4.38. The number of aromatic nitrogens is 4. The van der Waals surface area contributed by atoms with Gasteiger partial charge >= 0.3 is 0 Å². The summed E-state index contributed by atoms with van der Waals surface area (Å²) in [6, 6.07) is 3.18. The van der Waals surface area contributed by atoms with E-state index in [-0.39, 0.29) is 0 Å². The van der Waals surface area contributed by atoms with Crippen molar-refractivity contribution in [2.75, 3.05) is 25.1 Å². The number of imidazole rings is 1. The number of aryl methyl sites for hydroxylation is 1. The highest BCUT2D eigenvalue weighted by molar-refractivity contribution is 5.45. The van der Waals surface area contributed by atoms with Crippen LogP contribution in [-0.4, -0.2) is 56.7 Å². The standard InChI is InChI=1S/C21H30N6O/c1-28-21-12-19(23-15-24-21)27(16-5-6-16)17-7-10-25(11-8-17)14-20-22-13-18-4-2-3-9-26(18)20/h12-13,15-17H,2-11,14H2,1H3. The second-order valence-electron chi connectivity index (χ2n) is 8.34. The molecule has 0 amide bonds. The minimum Gasteiger partial charge on any atom is -0.481 e. The number of nitrogens with zero attached hydrogens (tertiary/aromatic N) is 6. The molecule has 150 valence electrons. The first-order valence-corrected chi connectivity index (χ1v) is 10.7. The van der Waals surface area contributed by atoms with Crippen molar-refractivity contribution < 1.29 is 4.74 Å². The molecule has 7 heteroatoms. The minimum absolute atomic E-state index is 0.553. The molecule has 0 aromatic carbocycles. The molecule has 0 radical (unpaired) electrons. The third-order valence-electron chi connectivity index (χ3n) is 6.44. The number of hydrogen-bond donors (Lipinski definition) is 0. The topological polar surface area (TPSA) is 59.3 Å². The van der Waals surface area contributed by atoms with Crippen molar-refractivity contribution in [1.82, 2.24) is 24.4 Å². The number of likely N-dealkylation sites (tertiary alicyclic amines) is 1. The van der Waals surface area contributed by atoms with Gasteiger partial charge in [-0.1, -0.05) is 0 Å². The van der Waals surface area contributed by atoms with Crippen LogP contribution in [0.25, 0.3) is 0 Å². The molecule has 4 heterocycles. The van der Waals surface area contributed by atoms with Crippen molar-refractivity contribution >= 4 is 5.82 Å². The van der Waals surface area contributed by atoms with Crippen LogP contribution in [0.15, 0.2) is 18.6 Å². The van der Waals surface area contributed by atoms with E-state index in [0.29, 0.717) is 18.0 Å². The molecular weight excluding hydrogens is 352 g/mol. The van der Waals surface area contributed by atoms with Gasteiger partial charge in [-0.05, 0) is 44.9 Å². The highest BCUT2D eigenvalue weighted by atomic mass is 16.5. The van der Waals surface area contributed by atoms with Crippen LogP contribution in [0.4, 0.5) is 5.82 Å². The van der Waals surface area contributed by atoms with E-state index in [1.54, 1.807) is 13.4 Å². The largest absolute Gasteiger partial charge is 0.481 e.